The maximum atomic E-state index is 11.0. The van der Waals surface area contributed by atoms with Gasteiger partial charge in [-0.05, 0) is 38.9 Å². The van der Waals surface area contributed by atoms with E-state index in [0.717, 1.165) is 16.7 Å². The third-order valence-corrected chi connectivity index (χ3v) is 3.28. The van der Waals surface area contributed by atoms with Gasteiger partial charge in [0.2, 0.25) is 0 Å². The zero-order valence-electron chi connectivity index (χ0n) is 11.3. The minimum atomic E-state index is -0.766. The average Bonchev–Trinajstić information content (AvgIpc) is 2.77. The number of hydrogen-bond acceptors (Lipinski definition) is 3. The van der Waals surface area contributed by atoms with Crippen molar-refractivity contribution in [2.45, 2.75) is 26.8 Å². The van der Waals surface area contributed by atoms with Crippen LogP contribution in [0.25, 0.3) is 11.0 Å². The van der Waals surface area contributed by atoms with Crippen LogP contribution in [-0.4, -0.2) is 17.6 Å². The summed E-state index contributed by atoms with van der Waals surface area (Å²) in [6.07, 6.45) is 0.586. The summed E-state index contributed by atoms with van der Waals surface area (Å²) in [4.78, 5) is 11.0. The molecule has 2 N–H and O–H groups in total. The van der Waals surface area contributed by atoms with Gasteiger partial charge in [0.25, 0.3) is 0 Å². The van der Waals surface area contributed by atoms with Crippen LogP contribution in [0, 0.1) is 5.41 Å². The number of fused-ring (bicyclic) bond motifs is 1. The first-order valence-corrected chi connectivity index (χ1v) is 6.40. The Labute approximate surface area is 112 Å². The van der Waals surface area contributed by atoms with E-state index in [9.17, 15) is 4.79 Å². The van der Waals surface area contributed by atoms with E-state index in [1.807, 2.05) is 30.3 Å². The third kappa shape index (κ3) is 3.35. The standard InChI is InChI=1S/C15H19NO3/c1-15(2,14(17)18)7-8-16-10-12-9-11-5-3-4-6-13(11)19-12/h3-6,9,16H,7-8,10H2,1-2H3,(H,17,18). The van der Waals surface area contributed by atoms with Crippen LogP contribution >= 0.6 is 0 Å². The largest absolute Gasteiger partial charge is 0.481 e. The zero-order valence-corrected chi connectivity index (χ0v) is 11.3. The van der Waals surface area contributed by atoms with Gasteiger partial charge >= 0.3 is 5.97 Å². The molecule has 0 bridgehead atoms. The van der Waals surface area contributed by atoms with E-state index < -0.39 is 11.4 Å². The van der Waals surface area contributed by atoms with Crippen molar-refractivity contribution in [1.29, 1.82) is 0 Å². The van der Waals surface area contributed by atoms with Gasteiger partial charge in [-0.2, -0.15) is 0 Å². The van der Waals surface area contributed by atoms with E-state index in [-0.39, 0.29) is 0 Å². The van der Waals surface area contributed by atoms with Gasteiger partial charge in [0.05, 0.1) is 12.0 Å². The van der Waals surface area contributed by atoms with Crippen molar-refractivity contribution < 1.29 is 14.3 Å². The van der Waals surface area contributed by atoms with Crippen molar-refractivity contribution in [3.05, 3.63) is 36.1 Å². The maximum Gasteiger partial charge on any atom is 0.309 e. The van der Waals surface area contributed by atoms with Gasteiger partial charge in [-0.15, -0.1) is 0 Å². The summed E-state index contributed by atoms with van der Waals surface area (Å²) in [6.45, 7) is 4.73. The molecule has 4 nitrogen and oxygen atoms in total. The minimum Gasteiger partial charge on any atom is -0.481 e. The minimum absolute atomic E-state index is 0.586. The average molecular weight is 261 g/mol. The van der Waals surface area contributed by atoms with Gasteiger partial charge in [0.1, 0.15) is 11.3 Å². The SMILES string of the molecule is CC(C)(CCNCc1cc2ccccc2o1)C(=O)O. The lowest BCUT2D eigenvalue weighted by Crippen LogP contribution is -2.28. The molecule has 0 atom stereocenters. The van der Waals surface area contributed by atoms with Crippen LogP contribution < -0.4 is 5.32 Å². The van der Waals surface area contributed by atoms with Crippen LogP contribution in [0.15, 0.2) is 34.7 Å². The zero-order chi connectivity index (χ0) is 13.9. The number of rotatable bonds is 6. The van der Waals surface area contributed by atoms with E-state index in [2.05, 4.69) is 5.32 Å². The summed E-state index contributed by atoms with van der Waals surface area (Å²) in [5.74, 6) is 0.104. The summed E-state index contributed by atoms with van der Waals surface area (Å²) in [6, 6.07) is 9.87. The molecule has 0 saturated heterocycles. The topological polar surface area (TPSA) is 62.5 Å². The molecule has 0 fully saturated rings. The third-order valence-electron chi connectivity index (χ3n) is 3.28. The van der Waals surface area contributed by atoms with Crippen LogP contribution in [-0.2, 0) is 11.3 Å². The molecule has 0 aliphatic rings. The molecule has 0 unspecified atom stereocenters. The Morgan fingerprint density at radius 3 is 2.79 bits per heavy atom. The van der Waals surface area contributed by atoms with Crippen molar-refractivity contribution in [3.63, 3.8) is 0 Å². The molecule has 1 heterocycles. The summed E-state index contributed by atoms with van der Waals surface area (Å²) < 4.78 is 5.67. The Hall–Kier alpha value is -1.81. The summed E-state index contributed by atoms with van der Waals surface area (Å²) in [5, 5.41) is 13.3. The molecule has 0 radical (unpaired) electrons. The monoisotopic (exact) mass is 261 g/mol. The number of hydrogen-bond donors (Lipinski definition) is 2. The molecular weight excluding hydrogens is 242 g/mol. The number of aliphatic carboxylic acids is 1. The highest BCUT2D eigenvalue weighted by Gasteiger charge is 2.26. The van der Waals surface area contributed by atoms with Gasteiger partial charge in [-0.1, -0.05) is 18.2 Å². The Bertz CT molecular complexity index is 539. The van der Waals surface area contributed by atoms with Crippen LogP contribution in [0.3, 0.4) is 0 Å². The molecule has 19 heavy (non-hydrogen) atoms. The van der Waals surface area contributed by atoms with Gasteiger partial charge in [0.15, 0.2) is 0 Å². The van der Waals surface area contributed by atoms with Crippen molar-refractivity contribution in [1.82, 2.24) is 5.32 Å². The predicted octanol–water partition coefficient (Wildman–Crippen LogP) is 3.02. The van der Waals surface area contributed by atoms with E-state index >= 15 is 0 Å². The van der Waals surface area contributed by atoms with E-state index in [4.69, 9.17) is 9.52 Å². The highest BCUT2D eigenvalue weighted by Crippen LogP contribution is 2.20. The van der Waals surface area contributed by atoms with Crippen LogP contribution in [0.4, 0.5) is 0 Å². The molecule has 0 spiro atoms. The molecule has 0 aliphatic heterocycles. The van der Waals surface area contributed by atoms with Crippen molar-refractivity contribution in [3.8, 4) is 0 Å². The molecule has 0 aliphatic carbocycles. The first-order valence-electron chi connectivity index (χ1n) is 6.40. The smallest absolute Gasteiger partial charge is 0.309 e. The van der Waals surface area contributed by atoms with Crippen LogP contribution in [0.5, 0.6) is 0 Å². The second-order valence-electron chi connectivity index (χ2n) is 5.37. The van der Waals surface area contributed by atoms with Crippen molar-refractivity contribution in [2.24, 2.45) is 5.41 Å². The Balaban J connectivity index is 1.84. The molecular formula is C15H19NO3. The molecule has 102 valence electrons. The lowest BCUT2D eigenvalue weighted by Gasteiger charge is -2.18. The lowest BCUT2D eigenvalue weighted by atomic mass is 9.90. The number of carboxylic acids is 1. The Morgan fingerprint density at radius 1 is 1.37 bits per heavy atom. The molecule has 4 heteroatoms. The number of carbonyl (C=O) groups is 1. The van der Waals surface area contributed by atoms with Crippen LogP contribution in [0.2, 0.25) is 0 Å². The quantitative estimate of drug-likeness (QED) is 0.785. The van der Waals surface area contributed by atoms with E-state index in [0.29, 0.717) is 19.5 Å². The molecule has 1 aromatic carbocycles. The fourth-order valence-corrected chi connectivity index (χ4v) is 1.84. The molecule has 0 amide bonds. The van der Waals surface area contributed by atoms with Gasteiger partial charge in [-0.3, -0.25) is 4.79 Å². The first kappa shape index (κ1) is 13.6. The number of carboxylic acid groups (broad SMARTS) is 1. The summed E-state index contributed by atoms with van der Waals surface area (Å²) in [7, 11) is 0. The molecule has 0 saturated carbocycles. The second-order valence-corrected chi connectivity index (χ2v) is 5.37. The van der Waals surface area contributed by atoms with E-state index in [1.54, 1.807) is 13.8 Å². The van der Waals surface area contributed by atoms with Crippen LogP contribution in [0.1, 0.15) is 26.0 Å². The van der Waals surface area contributed by atoms with E-state index in [1.165, 1.54) is 0 Å². The lowest BCUT2D eigenvalue weighted by molar-refractivity contribution is -0.147. The summed E-state index contributed by atoms with van der Waals surface area (Å²) >= 11 is 0. The number of nitrogens with one attached hydrogen (secondary N) is 1. The van der Waals surface area contributed by atoms with Gasteiger partial charge < -0.3 is 14.8 Å². The van der Waals surface area contributed by atoms with Crippen molar-refractivity contribution >= 4 is 16.9 Å². The highest BCUT2D eigenvalue weighted by molar-refractivity contribution is 5.77. The van der Waals surface area contributed by atoms with Crippen molar-refractivity contribution in [2.75, 3.05) is 6.54 Å². The molecule has 1 aromatic heterocycles. The second kappa shape index (κ2) is 5.45. The highest BCUT2D eigenvalue weighted by atomic mass is 16.4. The van der Waals surface area contributed by atoms with Gasteiger partial charge in [0, 0.05) is 5.39 Å². The number of furan rings is 1. The Kier molecular flexibility index (Phi) is 3.90. The summed E-state index contributed by atoms with van der Waals surface area (Å²) in [5.41, 5.74) is 0.186. The Morgan fingerprint density at radius 2 is 2.11 bits per heavy atom. The maximum absolute atomic E-state index is 11.0. The number of benzene rings is 1. The molecule has 2 aromatic rings. The van der Waals surface area contributed by atoms with Gasteiger partial charge in [-0.25, -0.2) is 0 Å². The normalized spacial score (nSPS) is 11.9. The number of para-hydroxylation sites is 1. The molecule has 2 rings (SSSR count). The first-order chi connectivity index (χ1) is 8.99. The fraction of sp³-hybridized carbons (Fsp3) is 0.400. The fourth-order valence-electron chi connectivity index (χ4n) is 1.84. The predicted molar refractivity (Wildman–Crippen MR) is 74.0 cm³/mol.